The summed E-state index contributed by atoms with van der Waals surface area (Å²) in [6.45, 7) is 3.85. The summed E-state index contributed by atoms with van der Waals surface area (Å²) in [7, 11) is 4.99. The molecule has 0 bridgehead atoms. The highest BCUT2D eigenvalue weighted by Crippen LogP contribution is 2.35. The van der Waals surface area contributed by atoms with Crippen LogP contribution in [0.2, 0.25) is 0 Å². The molecule has 34 heavy (non-hydrogen) atoms. The maximum Gasteiger partial charge on any atom is 0.319 e. The Hall–Kier alpha value is -3.67. The lowest BCUT2D eigenvalue weighted by Gasteiger charge is -2.38. The molecule has 4 rings (SSSR count). The zero-order valence-electron chi connectivity index (χ0n) is 19.8. The number of aromatic amines is 1. The second-order valence-corrected chi connectivity index (χ2v) is 8.72. The first-order chi connectivity index (χ1) is 16.3. The Morgan fingerprint density at radius 2 is 2.03 bits per heavy atom. The van der Waals surface area contributed by atoms with Gasteiger partial charge >= 0.3 is 17.8 Å². The summed E-state index contributed by atoms with van der Waals surface area (Å²) in [5.41, 5.74) is 1.40. The number of nitrogens with zero attached hydrogens (tertiary/aromatic N) is 5. The van der Waals surface area contributed by atoms with E-state index in [1.807, 2.05) is 15.6 Å². The summed E-state index contributed by atoms with van der Waals surface area (Å²) in [5, 5.41) is 9.94. The number of hydrogen-bond acceptors (Lipinski definition) is 6. The molecule has 2 atom stereocenters. The minimum Gasteiger partial charge on any atom is -0.383 e. The van der Waals surface area contributed by atoms with Gasteiger partial charge in [-0.3, -0.25) is 19.4 Å². The van der Waals surface area contributed by atoms with E-state index in [-0.39, 0.29) is 24.5 Å². The molecule has 0 radical (unpaired) electrons. The Bertz CT molecular complexity index is 1220. The molecule has 1 aliphatic rings. The quantitative estimate of drug-likeness (QED) is 0.378. The molecule has 12 nitrogen and oxygen atoms in total. The van der Waals surface area contributed by atoms with Gasteiger partial charge in [-0.1, -0.05) is 6.92 Å². The van der Waals surface area contributed by atoms with Crippen molar-refractivity contribution >= 4 is 45.6 Å². The van der Waals surface area contributed by atoms with Gasteiger partial charge in [0.2, 0.25) is 0 Å². The van der Waals surface area contributed by atoms with Gasteiger partial charge in [-0.2, -0.15) is 0 Å². The van der Waals surface area contributed by atoms with Crippen LogP contribution >= 0.6 is 0 Å². The van der Waals surface area contributed by atoms with E-state index >= 15 is 0 Å². The van der Waals surface area contributed by atoms with Crippen molar-refractivity contribution in [3.8, 4) is 0 Å². The average Bonchev–Trinajstić information content (AvgIpc) is 3.43. The van der Waals surface area contributed by atoms with Crippen LogP contribution in [0.5, 0.6) is 0 Å². The van der Waals surface area contributed by atoms with Gasteiger partial charge in [-0.25, -0.2) is 14.8 Å². The maximum atomic E-state index is 12.7. The Morgan fingerprint density at radius 1 is 1.24 bits per heavy atom. The second-order valence-electron chi connectivity index (χ2n) is 8.72. The third-order valence-electron chi connectivity index (χ3n) is 6.19. The van der Waals surface area contributed by atoms with Crippen molar-refractivity contribution in [2.45, 2.75) is 19.4 Å². The molecule has 0 unspecified atom stereocenters. The molecule has 1 saturated heterocycles. The van der Waals surface area contributed by atoms with Crippen LogP contribution in [0.4, 0.5) is 10.6 Å². The number of anilines is 1. The largest absolute Gasteiger partial charge is 0.383 e. The molecule has 12 heteroatoms. The van der Waals surface area contributed by atoms with E-state index in [9.17, 15) is 14.4 Å². The topological polar surface area (TPSA) is 137 Å². The lowest BCUT2D eigenvalue weighted by molar-refractivity contribution is -0.136. The van der Waals surface area contributed by atoms with Crippen LogP contribution in [0.25, 0.3) is 21.9 Å². The number of likely N-dealkylation sites (tertiary alicyclic amines) is 1. The smallest absolute Gasteiger partial charge is 0.319 e. The SMILES string of the molecule is COCCNC(=O)C(=O)Nc1[nH]n([C@H]2CN(C(=O)N(C)C)CC[C@H]2C)c2c1cnc1nccc12. The minimum atomic E-state index is -0.798. The highest BCUT2D eigenvalue weighted by Gasteiger charge is 2.33. The molecule has 4 heterocycles. The van der Waals surface area contributed by atoms with E-state index in [4.69, 9.17) is 4.74 Å². The number of piperidine rings is 1. The number of urea groups is 1. The third kappa shape index (κ3) is 4.40. The number of hydrogen-bond donors (Lipinski definition) is 3. The van der Waals surface area contributed by atoms with Crippen molar-refractivity contribution in [1.29, 1.82) is 0 Å². The van der Waals surface area contributed by atoms with Gasteiger partial charge in [0.1, 0.15) is 5.82 Å². The van der Waals surface area contributed by atoms with Crippen LogP contribution in [-0.2, 0) is 14.3 Å². The summed E-state index contributed by atoms with van der Waals surface area (Å²) in [4.78, 5) is 49.5. The molecule has 0 spiro atoms. The average molecular weight is 471 g/mol. The Balaban J connectivity index is 1.72. The zero-order valence-corrected chi connectivity index (χ0v) is 19.8. The van der Waals surface area contributed by atoms with Gasteiger partial charge in [0, 0.05) is 58.6 Å². The number of nitrogens with one attached hydrogen (secondary N) is 3. The number of aromatic nitrogens is 4. The van der Waals surface area contributed by atoms with Crippen molar-refractivity contribution in [2.75, 3.05) is 52.8 Å². The number of fused-ring (bicyclic) bond motifs is 3. The molecule has 182 valence electrons. The number of H-pyrrole nitrogens is 1. The van der Waals surface area contributed by atoms with Crippen molar-refractivity contribution in [3.05, 3.63) is 18.5 Å². The fourth-order valence-electron chi connectivity index (χ4n) is 4.33. The predicted molar refractivity (Wildman–Crippen MR) is 126 cm³/mol. The summed E-state index contributed by atoms with van der Waals surface area (Å²) < 4.78 is 6.87. The van der Waals surface area contributed by atoms with Crippen LogP contribution in [0, 0.1) is 5.92 Å². The van der Waals surface area contributed by atoms with Crippen molar-refractivity contribution in [1.82, 2.24) is 34.9 Å². The highest BCUT2D eigenvalue weighted by molar-refractivity contribution is 6.40. The van der Waals surface area contributed by atoms with E-state index in [2.05, 4.69) is 32.6 Å². The summed E-state index contributed by atoms with van der Waals surface area (Å²) in [5.74, 6) is -0.941. The number of rotatable bonds is 5. The lowest BCUT2D eigenvalue weighted by atomic mass is 9.93. The monoisotopic (exact) mass is 470 g/mol. The number of methoxy groups -OCH3 is 1. The van der Waals surface area contributed by atoms with Crippen LogP contribution < -0.4 is 10.6 Å². The number of carbonyl (C=O) groups is 3. The molecule has 1 fully saturated rings. The zero-order chi connectivity index (χ0) is 24.4. The van der Waals surface area contributed by atoms with Gasteiger partial charge in [-0.05, 0) is 18.4 Å². The van der Waals surface area contributed by atoms with E-state index in [0.717, 1.165) is 17.3 Å². The van der Waals surface area contributed by atoms with Gasteiger partial charge in [0.15, 0.2) is 5.65 Å². The predicted octanol–water partition coefficient (Wildman–Crippen LogP) is 1.18. The lowest BCUT2D eigenvalue weighted by Crippen LogP contribution is -2.47. The number of carbonyl (C=O) groups excluding carboxylic acids is 3. The molecule has 0 aromatic carbocycles. The highest BCUT2D eigenvalue weighted by atomic mass is 16.5. The van der Waals surface area contributed by atoms with E-state index in [1.54, 1.807) is 31.4 Å². The van der Waals surface area contributed by atoms with Gasteiger partial charge < -0.3 is 25.2 Å². The van der Waals surface area contributed by atoms with Gasteiger partial charge in [0.05, 0.1) is 23.6 Å². The fourth-order valence-corrected chi connectivity index (χ4v) is 4.33. The minimum absolute atomic E-state index is 0.0450. The first-order valence-electron chi connectivity index (χ1n) is 11.2. The van der Waals surface area contributed by atoms with Crippen LogP contribution in [0.15, 0.2) is 18.5 Å². The number of amides is 4. The molecule has 3 N–H and O–H groups in total. The van der Waals surface area contributed by atoms with Crippen molar-refractivity contribution < 1.29 is 19.1 Å². The van der Waals surface area contributed by atoms with E-state index in [0.29, 0.717) is 36.5 Å². The maximum absolute atomic E-state index is 12.7. The Labute approximate surface area is 196 Å². The molecule has 1 aliphatic heterocycles. The Morgan fingerprint density at radius 3 is 2.76 bits per heavy atom. The number of ether oxygens (including phenoxy) is 1. The summed E-state index contributed by atoms with van der Waals surface area (Å²) in [6, 6.07) is 1.74. The number of pyridine rings is 1. The van der Waals surface area contributed by atoms with Crippen LogP contribution in [-0.4, -0.2) is 94.8 Å². The first kappa shape index (κ1) is 23.5. The van der Waals surface area contributed by atoms with E-state index in [1.165, 1.54) is 7.11 Å². The third-order valence-corrected chi connectivity index (χ3v) is 6.19. The van der Waals surface area contributed by atoms with Gasteiger partial charge in [-0.15, -0.1) is 0 Å². The van der Waals surface area contributed by atoms with Crippen molar-refractivity contribution in [2.24, 2.45) is 5.92 Å². The molecule has 0 aliphatic carbocycles. The van der Waals surface area contributed by atoms with E-state index < -0.39 is 11.8 Å². The summed E-state index contributed by atoms with van der Waals surface area (Å²) in [6.07, 6.45) is 4.14. The van der Waals surface area contributed by atoms with Crippen LogP contribution in [0.1, 0.15) is 19.4 Å². The fraction of sp³-hybridized carbons (Fsp3) is 0.500. The molecule has 0 saturated carbocycles. The molecule has 4 amide bonds. The van der Waals surface area contributed by atoms with Gasteiger partial charge in [0.25, 0.3) is 0 Å². The van der Waals surface area contributed by atoms with Crippen LogP contribution in [0.3, 0.4) is 0 Å². The summed E-state index contributed by atoms with van der Waals surface area (Å²) >= 11 is 0. The molecule has 3 aromatic heterocycles. The second kappa shape index (κ2) is 9.67. The standard InChI is InChI=1S/C22H30N8O4/c1-13-6-9-29(22(33)28(2)3)12-16(13)30-17-14-5-7-23-18(14)25-11-15(17)19(27-30)26-21(32)20(31)24-8-10-34-4/h5,7,11,13,16,27H,6,8-10,12H2,1-4H3,(H,24,31)(H,26,32)/t13-,16+/m1/s1. The molecule has 3 aromatic rings. The van der Waals surface area contributed by atoms with Crippen molar-refractivity contribution in [3.63, 3.8) is 0 Å². The first-order valence-corrected chi connectivity index (χ1v) is 11.2. The Kier molecular flexibility index (Phi) is 6.68. The molecular formula is C22H30N8O4. The normalized spacial score (nSPS) is 18.3. The molecular weight excluding hydrogens is 440 g/mol.